The van der Waals surface area contributed by atoms with Gasteiger partial charge in [0.05, 0.1) is 11.0 Å². The van der Waals surface area contributed by atoms with E-state index in [0.29, 0.717) is 0 Å². The number of imidazole rings is 1. The van der Waals surface area contributed by atoms with Gasteiger partial charge in [-0.2, -0.15) is 0 Å². The zero-order chi connectivity index (χ0) is 18.9. The molecule has 0 aliphatic carbocycles. The van der Waals surface area contributed by atoms with Crippen LogP contribution in [0.3, 0.4) is 0 Å². The van der Waals surface area contributed by atoms with E-state index in [9.17, 15) is 0 Å². The van der Waals surface area contributed by atoms with Crippen LogP contribution in [0.1, 0.15) is 0 Å². The fourth-order valence-corrected chi connectivity index (χ4v) is 5.56. The fourth-order valence-electron chi connectivity index (χ4n) is 4.49. The minimum atomic E-state index is 0.950. The molecular weight excluding hydrogens is 374 g/mol. The van der Waals surface area contributed by atoms with Crippen LogP contribution < -0.4 is 0 Å². The molecule has 0 unspecified atom stereocenters. The summed E-state index contributed by atoms with van der Waals surface area (Å²) in [6, 6.07) is 22.0. The number of aromatic nitrogens is 3. The lowest BCUT2D eigenvalue weighted by atomic mass is 9.99. The Morgan fingerprint density at radius 1 is 0.586 bits per heavy atom. The van der Waals surface area contributed by atoms with E-state index in [4.69, 9.17) is 0 Å². The Balaban J connectivity index is 1.68. The molecule has 0 fully saturated rings. The number of hydrogen-bond donors (Lipinski definition) is 0. The first-order chi connectivity index (χ1) is 14.4. The van der Waals surface area contributed by atoms with E-state index in [1.165, 1.54) is 47.1 Å². The van der Waals surface area contributed by atoms with E-state index in [1.807, 2.05) is 23.7 Å². The highest BCUT2D eigenvalue weighted by molar-refractivity contribution is 7.24. The Hall–Kier alpha value is -3.63. The maximum atomic E-state index is 4.49. The molecule has 0 bridgehead atoms. The second-order valence-electron chi connectivity index (χ2n) is 7.36. The number of nitrogens with zero attached hydrogens (tertiary/aromatic N) is 3. The lowest BCUT2D eigenvalue weighted by Crippen LogP contribution is -1.83. The van der Waals surface area contributed by atoms with Crippen molar-refractivity contribution in [2.45, 2.75) is 0 Å². The Bertz CT molecular complexity index is 1770. The number of pyridine rings is 1. The van der Waals surface area contributed by atoms with Gasteiger partial charge in [0.1, 0.15) is 6.33 Å². The lowest BCUT2D eigenvalue weighted by Gasteiger charge is -2.10. The average molecular weight is 387 g/mol. The molecule has 0 saturated heterocycles. The van der Waals surface area contributed by atoms with Crippen LogP contribution in [0.15, 0.2) is 79.4 Å². The highest BCUT2D eigenvalue weighted by atomic mass is 32.1. The molecule has 7 rings (SSSR count). The Labute approximate surface area is 169 Å². The summed E-state index contributed by atoms with van der Waals surface area (Å²) in [5.41, 5.74) is 1.93. The first-order valence-corrected chi connectivity index (χ1v) is 10.3. The summed E-state index contributed by atoms with van der Waals surface area (Å²) in [6.07, 6.45) is 5.46. The van der Waals surface area contributed by atoms with Crippen LogP contribution in [-0.2, 0) is 0 Å². The number of benzene rings is 4. The number of hydrogen-bond acceptors (Lipinski definition) is 4. The molecule has 3 heterocycles. The average Bonchev–Trinajstić information content (AvgIpc) is 3.26. The maximum absolute atomic E-state index is 4.49. The third-order valence-electron chi connectivity index (χ3n) is 5.87. The molecule has 0 saturated carbocycles. The molecule has 3 nitrogen and oxygen atoms in total. The molecule has 0 N–H and O–H groups in total. The molecule has 134 valence electrons. The van der Waals surface area contributed by atoms with Gasteiger partial charge in [-0.1, -0.05) is 30.3 Å². The second kappa shape index (κ2) is 5.46. The summed E-state index contributed by atoms with van der Waals surface area (Å²) in [4.78, 5) is 13.2. The van der Waals surface area contributed by atoms with Crippen LogP contribution in [0.2, 0.25) is 0 Å². The minimum Gasteiger partial charge on any atom is -0.264 e. The molecule has 4 heteroatoms. The molecule has 4 aromatic carbocycles. The summed E-state index contributed by atoms with van der Waals surface area (Å²) in [7, 11) is 0. The van der Waals surface area contributed by atoms with Gasteiger partial charge in [0.25, 0.3) is 0 Å². The van der Waals surface area contributed by atoms with Crippen molar-refractivity contribution >= 4 is 74.9 Å². The SMILES string of the molecule is c1cc2ccc3c4cc5c(ccc6c5ccc5ncnc56)sc4ccc3c2cn1. The van der Waals surface area contributed by atoms with Crippen LogP contribution in [0.25, 0.3) is 63.5 Å². The van der Waals surface area contributed by atoms with Crippen molar-refractivity contribution < 1.29 is 0 Å². The minimum absolute atomic E-state index is 0.950. The molecule has 0 radical (unpaired) electrons. The van der Waals surface area contributed by atoms with Crippen molar-refractivity contribution in [2.24, 2.45) is 0 Å². The molecule has 29 heavy (non-hydrogen) atoms. The van der Waals surface area contributed by atoms with E-state index in [0.717, 1.165) is 16.4 Å². The van der Waals surface area contributed by atoms with E-state index in [1.54, 1.807) is 6.33 Å². The van der Waals surface area contributed by atoms with Crippen molar-refractivity contribution in [1.82, 2.24) is 15.0 Å². The van der Waals surface area contributed by atoms with E-state index in [2.05, 4.69) is 75.6 Å². The van der Waals surface area contributed by atoms with Crippen LogP contribution in [-0.4, -0.2) is 15.0 Å². The maximum Gasteiger partial charge on any atom is 0.116 e. The fraction of sp³-hybridized carbons (Fsp3) is 0. The van der Waals surface area contributed by atoms with Crippen LogP contribution in [0.4, 0.5) is 0 Å². The smallest absolute Gasteiger partial charge is 0.116 e. The largest absolute Gasteiger partial charge is 0.264 e. The molecule has 0 amide bonds. The quantitative estimate of drug-likeness (QED) is 0.211. The van der Waals surface area contributed by atoms with Crippen LogP contribution >= 0.6 is 11.3 Å². The first kappa shape index (κ1) is 15.3. The number of rotatable bonds is 0. The van der Waals surface area contributed by atoms with Gasteiger partial charge in [-0.25, -0.2) is 9.97 Å². The van der Waals surface area contributed by atoms with Gasteiger partial charge in [0.15, 0.2) is 0 Å². The van der Waals surface area contributed by atoms with Crippen molar-refractivity contribution in [3.63, 3.8) is 0 Å². The number of fused-ring (bicyclic) bond motifs is 10. The Kier molecular flexibility index (Phi) is 2.88. The third-order valence-corrected chi connectivity index (χ3v) is 7.02. The molecule has 3 aromatic heterocycles. The van der Waals surface area contributed by atoms with Crippen molar-refractivity contribution in [2.75, 3.05) is 0 Å². The Morgan fingerprint density at radius 3 is 2.21 bits per heavy atom. The molecule has 0 aliphatic rings. The van der Waals surface area contributed by atoms with Crippen LogP contribution in [0, 0.1) is 0 Å². The van der Waals surface area contributed by atoms with Gasteiger partial charge < -0.3 is 0 Å². The zero-order valence-corrected chi connectivity index (χ0v) is 16.1. The van der Waals surface area contributed by atoms with Crippen molar-refractivity contribution in [1.29, 1.82) is 0 Å². The monoisotopic (exact) mass is 387 g/mol. The molecule has 0 spiro atoms. The highest BCUT2D eigenvalue weighted by Gasteiger charge is 2.11. The van der Waals surface area contributed by atoms with Crippen molar-refractivity contribution in [3.05, 3.63) is 79.4 Å². The zero-order valence-electron chi connectivity index (χ0n) is 15.3. The van der Waals surface area contributed by atoms with Gasteiger partial charge in [-0.15, -0.1) is 11.3 Å². The van der Waals surface area contributed by atoms with Gasteiger partial charge >= 0.3 is 0 Å². The Morgan fingerprint density at radius 2 is 1.31 bits per heavy atom. The predicted molar refractivity (Wildman–Crippen MR) is 123 cm³/mol. The summed E-state index contributed by atoms with van der Waals surface area (Å²) in [5, 5.41) is 9.88. The van der Waals surface area contributed by atoms with Crippen molar-refractivity contribution in [3.8, 4) is 0 Å². The standard InChI is InChI=1S/C25H13N3S/c1-2-15-16(21-12-26-10-9-14(1)21)4-7-23-19(15)11-20-17-3-6-22-25(28-13-27-22)18(17)5-8-24(20)29-23/h1-13H. The van der Waals surface area contributed by atoms with E-state index >= 15 is 0 Å². The highest BCUT2D eigenvalue weighted by Crippen LogP contribution is 2.39. The van der Waals surface area contributed by atoms with Crippen LogP contribution in [0.5, 0.6) is 0 Å². The molecule has 0 atom stereocenters. The van der Waals surface area contributed by atoms with E-state index < -0.39 is 0 Å². The third kappa shape index (κ3) is 2.04. The summed E-state index contributed by atoms with van der Waals surface area (Å²) in [6.45, 7) is 0. The second-order valence-corrected chi connectivity index (χ2v) is 8.44. The van der Waals surface area contributed by atoms with Gasteiger partial charge in [-0.05, 0) is 51.9 Å². The van der Waals surface area contributed by atoms with Gasteiger partial charge in [0.2, 0.25) is 0 Å². The van der Waals surface area contributed by atoms with Gasteiger partial charge in [-0.3, -0.25) is 4.98 Å². The molecule has 0 aliphatic heterocycles. The summed E-state index contributed by atoms with van der Waals surface area (Å²) < 4.78 is 2.58. The topological polar surface area (TPSA) is 38.7 Å². The normalized spacial score (nSPS) is 12.1. The molecular formula is C25H13N3S. The molecule has 7 aromatic rings. The van der Waals surface area contributed by atoms with Gasteiger partial charge in [0, 0.05) is 43.3 Å². The lowest BCUT2D eigenvalue weighted by molar-refractivity contribution is 1.35. The summed E-state index contributed by atoms with van der Waals surface area (Å²) >= 11 is 1.84. The summed E-state index contributed by atoms with van der Waals surface area (Å²) in [5.74, 6) is 0. The van der Waals surface area contributed by atoms with E-state index in [-0.39, 0.29) is 0 Å². The first-order valence-electron chi connectivity index (χ1n) is 9.52. The predicted octanol–water partition coefficient (Wildman–Crippen LogP) is 6.85.